The Bertz CT molecular complexity index is 1070. The van der Waals surface area contributed by atoms with Gasteiger partial charge in [-0.3, -0.25) is 4.79 Å². The lowest BCUT2D eigenvalue weighted by atomic mass is 10.2. The number of aliphatic hydroxyl groups excluding tert-OH is 1. The zero-order chi connectivity index (χ0) is 18.8. The second-order valence-corrected chi connectivity index (χ2v) is 8.10. The van der Waals surface area contributed by atoms with Crippen LogP contribution in [0.15, 0.2) is 53.9 Å². The fraction of sp³-hybridized carbons (Fsp3) is 0.150. The van der Waals surface area contributed by atoms with E-state index < -0.39 is 6.10 Å². The van der Waals surface area contributed by atoms with Crippen LogP contribution in [-0.4, -0.2) is 29.7 Å². The van der Waals surface area contributed by atoms with Crippen molar-refractivity contribution in [3.63, 3.8) is 0 Å². The number of rotatable bonds is 6. The summed E-state index contributed by atoms with van der Waals surface area (Å²) in [6.45, 7) is 0.155. The van der Waals surface area contributed by atoms with Crippen molar-refractivity contribution in [2.75, 3.05) is 13.7 Å². The van der Waals surface area contributed by atoms with Gasteiger partial charge in [0, 0.05) is 38.1 Å². The van der Waals surface area contributed by atoms with E-state index in [0.717, 1.165) is 26.4 Å². The molecule has 0 radical (unpaired) electrons. The highest BCUT2D eigenvalue weighted by atomic mass is 32.1. The Morgan fingerprint density at radius 3 is 2.89 bits per heavy atom. The van der Waals surface area contributed by atoms with Crippen LogP contribution in [-0.2, 0) is 0 Å². The highest BCUT2D eigenvalue weighted by Gasteiger charge is 2.15. The van der Waals surface area contributed by atoms with Crippen LogP contribution in [0.1, 0.15) is 21.5 Å². The molecule has 27 heavy (non-hydrogen) atoms. The zero-order valence-corrected chi connectivity index (χ0v) is 16.2. The van der Waals surface area contributed by atoms with Gasteiger partial charge in [-0.05, 0) is 41.8 Å². The van der Waals surface area contributed by atoms with Gasteiger partial charge in [-0.15, -0.1) is 22.7 Å². The van der Waals surface area contributed by atoms with Crippen molar-refractivity contribution in [2.24, 2.45) is 0 Å². The molecule has 138 valence electrons. The minimum absolute atomic E-state index is 0.155. The van der Waals surface area contributed by atoms with Gasteiger partial charge < -0.3 is 20.1 Å². The number of aromatic nitrogens is 1. The lowest BCUT2D eigenvalue weighted by Crippen LogP contribution is -2.28. The predicted octanol–water partition coefficient (Wildman–Crippen LogP) is 4.43. The fourth-order valence-electron chi connectivity index (χ4n) is 2.82. The van der Waals surface area contributed by atoms with E-state index in [-0.39, 0.29) is 12.5 Å². The minimum Gasteiger partial charge on any atom is -0.497 e. The summed E-state index contributed by atoms with van der Waals surface area (Å²) in [5, 5.41) is 16.2. The number of carbonyl (C=O) groups excluding carboxylic acids is 1. The number of nitrogens with one attached hydrogen (secondary N) is 2. The second kappa shape index (κ2) is 7.56. The molecule has 3 N–H and O–H groups in total. The van der Waals surface area contributed by atoms with Crippen molar-refractivity contribution in [3.05, 3.63) is 64.5 Å². The first-order valence-electron chi connectivity index (χ1n) is 8.40. The van der Waals surface area contributed by atoms with Crippen LogP contribution in [0.5, 0.6) is 5.75 Å². The number of thiophene rings is 2. The molecule has 0 saturated carbocycles. The van der Waals surface area contributed by atoms with E-state index in [1.54, 1.807) is 35.8 Å². The first-order chi connectivity index (χ1) is 13.1. The Morgan fingerprint density at radius 1 is 1.22 bits per heavy atom. The summed E-state index contributed by atoms with van der Waals surface area (Å²) < 4.78 is 5.20. The number of hydrogen-bond acceptors (Lipinski definition) is 5. The average Bonchev–Trinajstić information content (AvgIpc) is 3.44. The third-order valence-corrected chi connectivity index (χ3v) is 6.50. The quantitative estimate of drug-likeness (QED) is 0.450. The number of carbonyl (C=O) groups is 1. The molecule has 4 rings (SSSR count). The number of ether oxygens (including phenoxy) is 1. The first-order valence-corrected chi connectivity index (χ1v) is 10.1. The van der Waals surface area contributed by atoms with Crippen molar-refractivity contribution in [1.82, 2.24) is 10.3 Å². The third-order valence-electron chi connectivity index (χ3n) is 4.25. The Kier molecular flexibility index (Phi) is 4.98. The van der Waals surface area contributed by atoms with Crippen molar-refractivity contribution in [3.8, 4) is 15.5 Å². The molecular formula is C20H18N2O3S2. The number of hydrogen-bond donors (Lipinski definition) is 3. The van der Waals surface area contributed by atoms with Gasteiger partial charge in [0.05, 0.1) is 7.11 Å². The maximum absolute atomic E-state index is 12.4. The summed E-state index contributed by atoms with van der Waals surface area (Å²) in [6.07, 6.45) is -0.739. The van der Waals surface area contributed by atoms with E-state index in [2.05, 4.69) is 16.4 Å². The van der Waals surface area contributed by atoms with Gasteiger partial charge in [-0.1, -0.05) is 6.07 Å². The molecule has 5 nitrogen and oxygen atoms in total. The molecule has 0 bridgehead atoms. The molecule has 1 atom stereocenters. The van der Waals surface area contributed by atoms with Crippen LogP contribution in [0.2, 0.25) is 0 Å². The highest BCUT2D eigenvalue weighted by Crippen LogP contribution is 2.33. The number of fused-ring (bicyclic) bond motifs is 1. The molecule has 4 aromatic rings. The maximum atomic E-state index is 12.4. The van der Waals surface area contributed by atoms with E-state index in [0.29, 0.717) is 5.69 Å². The maximum Gasteiger partial charge on any atom is 0.267 e. The molecule has 0 aliphatic heterocycles. The summed E-state index contributed by atoms with van der Waals surface area (Å²) in [4.78, 5) is 18.6. The van der Waals surface area contributed by atoms with Gasteiger partial charge in [0.15, 0.2) is 0 Å². The molecule has 0 fully saturated rings. The molecule has 7 heteroatoms. The fourth-order valence-corrected chi connectivity index (χ4v) is 4.65. The lowest BCUT2D eigenvalue weighted by Gasteiger charge is -2.09. The van der Waals surface area contributed by atoms with E-state index in [1.807, 2.05) is 41.8 Å². The molecule has 3 aromatic heterocycles. The Balaban J connectivity index is 1.41. The van der Waals surface area contributed by atoms with Crippen molar-refractivity contribution >= 4 is 39.5 Å². The summed E-state index contributed by atoms with van der Waals surface area (Å²) in [5.74, 6) is 0.477. The summed E-state index contributed by atoms with van der Waals surface area (Å²) in [6, 6.07) is 15.4. The molecule has 0 aliphatic carbocycles. The molecule has 1 unspecified atom stereocenters. The molecule has 0 saturated heterocycles. The summed E-state index contributed by atoms with van der Waals surface area (Å²) in [7, 11) is 1.60. The van der Waals surface area contributed by atoms with Gasteiger partial charge in [0.2, 0.25) is 0 Å². The second-order valence-electron chi connectivity index (χ2n) is 6.04. The third kappa shape index (κ3) is 3.75. The van der Waals surface area contributed by atoms with Gasteiger partial charge in [0.1, 0.15) is 17.5 Å². The smallest absolute Gasteiger partial charge is 0.267 e. The van der Waals surface area contributed by atoms with E-state index in [1.165, 1.54) is 4.88 Å². The van der Waals surface area contributed by atoms with Crippen LogP contribution in [0.3, 0.4) is 0 Å². The summed E-state index contributed by atoms with van der Waals surface area (Å²) >= 11 is 3.21. The first kappa shape index (κ1) is 17.8. The standard InChI is InChI=1S/C20H18N2O3S2/c1-25-13-5-4-12-9-15(22-14(12)10-13)20(24)21-11-16(23)17-6-7-19(27-17)18-3-2-8-26-18/h2-10,16,22-23H,11H2,1H3,(H,21,24). The Morgan fingerprint density at radius 2 is 2.11 bits per heavy atom. The van der Waals surface area contributed by atoms with Gasteiger partial charge in [-0.2, -0.15) is 0 Å². The number of methoxy groups -OCH3 is 1. The van der Waals surface area contributed by atoms with Gasteiger partial charge in [-0.25, -0.2) is 0 Å². The lowest BCUT2D eigenvalue weighted by molar-refractivity contribution is 0.0914. The highest BCUT2D eigenvalue weighted by molar-refractivity contribution is 7.21. The SMILES string of the molecule is COc1ccc2cc(C(=O)NCC(O)c3ccc(-c4cccs4)s3)[nH]c2c1. The van der Waals surface area contributed by atoms with Crippen molar-refractivity contribution < 1.29 is 14.6 Å². The topological polar surface area (TPSA) is 74.3 Å². The van der Waals surface area contributed by atoms with E-state index in [9.17, 15) is 9.90 Å². The Hall–Kier alpha value is -2.61. The zero-order valence-electron chi connectivity index (χ0n) is 14.6. The minimum atomic E-state index is -0.739. The van der Waals surface area contributed by atoms with Gasteiger partial charge >= 0.3 is 0 Å². The monoisotopic (exact) mass is 398 g/mol. The van der Waals surface area contributed by atoms with E-state index in [4.69, 9.17) is 4.74 Å². The number of aliphatic hydroxyl groups is 1. The number of H-pyrrole nitrogens is 1. The number of aromatic amines is 1. The number of benzene rings is 1. The van der Waals surface area contributed by atoms with E-state index >= 15 is 0 Å². The van der Waals surface area contributed by atoms with Crippen LogP contribution in [0, 0.1) is 0 Å². The van der Waals surface area contributed by atoms with Crippen LogP contribution >= 0.6 is 22.7 Å². The molecule has 0 spiro atoms. The van der Waals surface area contributed by atoms with Crippen LogP contribution in [0.25, 0.3) is 20.7 Å². The van der Waals surface area contributed by atoms with Gasteiger partial charge in [0.25, 0.3) is 5.91 Å². The van der Waals surface area contributed by atoms with Crippen LogP contribution in [0.4, 0.5) is 0 Å². The molecule has 3 heterocycles. The average molecular weight is 399 g/mol. The Labute approximate surface area is 164 Å². The number of amides is 1. The largest absolute Gasteiger partial charge is 0.497 e. The normalized spacial score (nSPS) is 12.2. The predicted molar refractivity (Wildman–Crippen MR) is 110 cm³/mol. The molecule has 0 aliphatic rings. The molecule has 1 aromatic carbocycles. The summed E-state index contributed by atoms with van der Waals surface area (Å²) in [5.41, 5.74) is 1.29. The molecular weight excluding hydrogens is 380 g/mol. The van der Waals surface area contributed by atoms with Crippen LogP contribution < -0.4 is 10.1 Å². The van der Waals surface area contributed by atoms with Crippen molar-refractivity contribution in [2.45, 2.75) is 6.10 Å². The van der Waals surface area contributed by atoms with Crippen molar-refractivity contribution in [1.29, 1.82) is 0 Å². The molecule has 1 amide bonds.